The number of methoxy groups -OCH3 is 2. The van der Waals surface area contributed by atoms with Crippen LogP contribution in [-0.2, 0) is 11.2 Å². The molecule has 0 fully saturated rings. The fourth-order valence-corrected chi connectivity index (χ4v) is 5.15. The molecule has 5 nitrogen and oxygen atoms in total. The Morgan fingerprint density at radius 2 is 1.93 bits per heavy atom. The predicted octanol–water partition coefficient (Wildman–Crippen LogP) is 5.11. The number of carbonyl (C=O) groups is 1. The van der Waals surface area contributed by atoms with Crippen LogP contribution in [0.5, 0.6) is 11.5 Å². The molecular formula is C23H23BrN2O3S. The van der Waals surface area contributed by atoms with Gasteiger partial charge in [0.2, 0.25) is 5.91 Å². The molecule has 0 radical (unpaired) electrons. The highest BCUT2D eigenvalue weighted by Gasteiger charge is 2.32. The average Bonchev–Trinajstić information content (AvgIpc) is 3.28. The highest BCUT2D eigenvalue weighted by molar-refractivity contribution is 9.10. The molecule has 0 bridgehead atoms. The summed E-state index contributed by atoms with van der Waals surface area (Å²) in [5.41, 5.74) is 3.17. The molecule has 0 saturated heterocycles. The summed E-state index contributed by atoms with van der Waals surface area (Å²) in [6.07, 6.45) is 0.847. The number of rotatable bonds is 6. The van der Waals surface area contributed by atoms with Crippen molar-refractivity contribution in [2.24, 2.45) is 0 Å². The molecule has 1 aromatic heterocycles. The number of nitrogens with one attached hydrogen (secondary N) is 1. The monoisotopic (exact) mass is 486 g/mol. The summed E-state index contributed by atoms with van der Waals surface area (Å²) in [6.45, 7) is 1.09. The maximum atomic E-state index is 12.9. The van der Waals surface area contributed by atoms with Gasteiger partial charge < -0.3 is 14.8 Å². The third kappa shape index (κ3) is 4.24. The van der Waals surface area contributed by atoms with Gasteiger partial charge in [-0.2, -0.15) is 0 Å². The van der Waals surface area contributed by atoms with E-state index in [1.165, 1.54) is 10.4 Å². The first kappa shape index (κ1) is 20.9. The number of benzene rings is 2. The molecular weight excluding hydrogens is 464 g/mol. The molecule has 7 heteroatoms. The zero-order chi connectivity index (χ0) is 21.1. The minimum Gasteiger partial charge on any atom is -0.493 e. The lowest BCUT2D eigenvalue weighted by atomic mass is 9.91. The van der Waals surface area contributed by atoms with E-state index < -0.39 is 0 Å². The van der Waals surface area contributed by atoms with E-state index in [0.29, 0.717) is 12.3 Å². The zero-order valence-corrected chi connectivity index (χ0v) is 19.3. The standard InChI is InChI=1S/C23H23BrN2O3S/c1-28-19-12-15-9-10-26(14-22(27)25-18-7-4-3-6-17(18)24)23(21-8-5-11-30-21)16(15)13-20(19)29-2/h3-8,11-13,23H,9-10,14H2,1-2H3,(H,25,27). The molecule has 1 aliphatic heterocycles. The van der Waals surface area contributed by atoms with Gasteiger partial charge >= 0.3 is 0 Å². The number of anilines is 1. The lowest BCUT2D eigenvalue weighted by Gasteiger charge is -2.37. The molecule has 4 rings (SSSR count). The van der Waals surface area contributed by atoms with Crippen LogP contribution >= 0.6 is 27.3 Å². The van der Waals surface area contributed by atoms with E-state index in [9.17, 15) is 4.79 Å². The van der Waals surface area contributed by atoms with E-state index in [1.807, 2.05) is 30.3 Å². The molecule has 30 heavy (non-hydrogen) atoms. The molecule has 0 saturated carbocycles. The summed E-state index contributed by atoms with van der Waals surface area (Å²) in [6, 6.07) is 15.9. The summed E-state index contributed by atoms with van der Waals surface area (Å²) in [4.78, 5) is 16.3. The summed E-state index contributed by atoms with van der Waals surface area (Å²) in [5, 5.41) is 5.09. The van der Waals surface area contributed by atoms with Crippen LogP contribution in [0.3, 0.4) is 0 Å². The molecule has 2 heterocycles. The molecule has 1 unspecified atom stereocenters. The Morgan fingerprint density at radius 3 is 2.63 bits per heavy atom. The van der Waals surface area contributed by atoms with Crippen molar-refractivity contribution in [1.29, 1.82) is 0 Å². The van der Waals surface area contributed by atoms with Crippen LogP contribution in [-0.4, -0.2) is 38.1 Å². The molecule has 156 valence electrons. The second-order valence-electron chi connectivity index (χ2n) is 7.07. The number of amides is 1. The first-order chi connectivity index (χ1) is 14.6. The van der Waals surface area contributed by atoms with Gasteiger partial charge in [-0.15, -0.1) is 11.3 Å². The van der Waals surface area contributed by atoms with Crippen molar-refractivity contribution in [3.05, 3.63) is 74.4 Å². The van der Waals surface area contributed by atoms with Gasteiger partial charge in [0.05, 0.1) is 32.5 Å². The van der Waals surface area contributed by atoms with Crippen LogP contribution in [0.25, 0.3) is 0 Å². The number of fused-ring (bicyclic) bond motifs is 1. The van der Waals surface area contributed by atoms with E-state index in [-0.39, 0.29) is 11.9 Å². The second-order valence-corrected chi connectivity index (χ2v) is 8.91. The molecule has 1 amide bonds. The van der Waals surface area contributed by atoms with Gasteiger partial charge in [0.1, 0.15) is 0 Å². The van der Waals surface area contributed by atoms with Crippen LogP contribution in [0.15, 0.2) is 58.4 Å². The summed E-state index contributed by atoms with van der Waals surface area (Å²) in [5.74, 6) is 1.41. The van der Waals surface area contributed by atoms with E-state index in [4.69, 9.17) is 9.47 Å². The van der Waals surface area contributed by atoms with Gasteiger partial charge in [0.25, 0.3) is 0 Å². The normalized spacial score (nSPS) is 16.0. The van der Waals surface area contributed by atoms with Crippen LogP contribution in [0.4, 0.5) is 5.69 Å². The molecule has 1 N–H and O–H groups in total. The van der Waals surface area contributed by atoms with E-state index in [0.717, 1.165) is 34.4 Å². The van der Waals surface area contributed by atoms with Crippen molar-refractivity contribution < 1.29 is 14.3 Å². The number of hydrogen-bond donors (Lipinski definition) is 1. The van der Waals surface area contributed by atoms with Gasteiger partial charge in [0, 0.05) is 15.9 Å². The molecule has 1 aliphatic rings. The second kappa shape index (κ2) is 9.20. The predicted molar refractivity (Wildman–Crippen MR) is 124 cm³/mol. The highest BCUT2D eigenvalue weighted by atomic mass is 79.9. The van der Waals surface area contributed by atoms with E-state index in [1.54, 1.807) is 25.6 Å². The van der Waals surface area contributed by atoms with Crippen molar-refractivity contribution in [1.82, 2.24) is 4.90 Å². The number of hydrogen-bond acceptors (Lipinski definition) is 5. The lowest BCUT2D eigenvalue weighted by Crippen LogP contribution is -2.41. The first-order valence-electron chi connectivity index (χ1n) is 9.67. The summed E-state index contributed by atoms with van der Waals surface area (Å²) >= 11 is 5.19. The largest absolute Gasteiger partial charge is 0.493 e. The molecule has 0 aliphatic carbocycles. The van der Waals surface area contributed by atoms with Gasteiger partial charge in [-0.1, -0.05) is 18.2 Å². The van der Waals surface area contributed by atoms with Gasteiger partial charge in [0.15, 0.2) is 11.5 Å². The Labute approximate surface area is 188 Å². The Kier molecular flexibility index (Phi) is 6.41. The third-order valence-corrected chi connectivity index (χ3v) is 6.90. The van der Waals surface area contributed by atoms with Gasteiger partial charge in [-0.25, -0.2) is 0 Å². The number of ether oxygens (including phenoxy) is 2. The molecule has 0 spiro atoms. The fourth-order valence-electron chi connectivity index (χ4n) is 3.88. The van der Waals surface area contributed by atoms with Crippen molar-refractivity contribution in [3.63, 3.8) is 0 Å². The maximum absolute atomic E-state index is 12.9. The molecule has 2 aromatic carbocycles. The number of halogens is 1. The number of nitrogens with zero attached hydrogens (tertiary/aromatic N) is 1. The summed E-state index contributed by atoms with van der Waals surface area (Å²) in [7, 11) is 3.30. The van der Waals surface area contributed by atoms with Crippen molar-refractivity contribution >= 4 is 38.9 Å². The first-order valence-corrected chi connectivity index (χ1v) is 11.3. The quantitative estimate of drug-likeness (QED) is 0.525. The van der Waals surface area contributed by atoms with Crippen LogP contribution in [0.1, 0.15) is 22.0 Å². The van der Waals surface area contributed by atoms with Gasteiger partial charge in [-0.3, -0.25) is 9.69 Å². The van der Waals surface area contributed by atoms with Crippen molar-refractivity contribution in [2.45, 2.75) is 12.5 Å². The van der Waals surface area contributed by atoms with Crippen LogP contribution < -0.4 is 14.8 Å². The zero-order valence-electron chi connectivity index (χ0n) is 16.9. The summed E-state index contributed by atoms with van der Waals surface area (Å²) < 4.78 is 11.9. The number of carbonyl (C=O) groups excluding carboxylic acids is 1. The fraction of sp³-hybridized carbons (Fsp3) is 0.261. The van der Waals surface area contributed by atoms with E-state index in [2.05, 4.69) is 49.7 Å². The maximum Gasteiger partial charge on any atom is 0.238 e. The topological polar surface area (TPSA) is 50.8 Å². The lowest BCUT2D eigenvalue weighted by molar-refractivity contribution is -0.117. The minimum atomic E-state index is -0.0348. The van der Waals surface area contributed by atoms with Gasteiger partial charge in [-0.05, 0) is 69.2 Å². The highest BCUT2D eigenvalue weighted by Crippen LogP contribution is 2.42. The Hall–Kier alpha value is -2.35. The minimum absolute atomic E-state index is 0.00137. The van der Waals surface area contributed by atoms with Crippen molar-refractivity contribution in [2.75, 3.05) is 32.6 Å². The third-order valence-electron chi connectivity index (χ3n) is 5.28. The Morgan fingerprint density at radius 1 is 1.17 bits per heavy atom. The van der Waals surface area contributed by atoms with Crippen LogP contribution in [0, 0.1) is 0 Å². The smallest absolute Gasteiger partial charge is 0.238 e. The number of para-hydroxylation sites is 1. The SMILES string of the molecule is COc1cc2c(cc1OC)C(c1cccs1)N(CC(=O)Nc1ccccc1Br)CC2. The number of thiophene rings is 1. The molecule has 1 atom stereocenters. The van der Waals surface area contributed by atoms with Crippen LogP contribution in [0.2, 0.25) is 0 Å². The van der Waals surface area contributed by atoms with E-state index >= 15 is 0 Å². The Balaban J connectivity index is 1.64. The Bertz CT molecular complexity index is 1040. The average molecular weight is 487 g/mol. The molecule has 3 aromatic rings. The van der Waals surface area contributed by atoms with Crippen molar-refractivity contribution in [3.8, 4) is 11.5 Å².